The highest BCUT2D eigenvalue weighted by Gasteiger charge is 2.56. The summed E-state index contributed by atoms with van der Waals surface area (Å²) in [5.41, 5.74) is 0.404. The van der Waals surface area contributed by atoms with E-state index in [1.807, 2.05) is 74.5 Å². The van der Waals surface area contributed by atoms with E-state index >= 15 is 0 Å². The molecule has 0 aromatic heterocycles. The summed E-state index contributed by atoms with van der Waals surface area (Å²) in [5, 5.41) is 4.05. The molecule has 0 saturated carbocycles. The molecular formula is C20H35N2O4P. The lowest BCUT2D eigenvalue weighted by Gasteiger charge is -2.32. The van der Waals surface area contributed by atoms with Crippen LogP contribution in [0.2, 0.25) is 0 Å². The molecule has 0 N–H and O–H groups in total. The Labute approximate surface area is 165 Å². The standard InChI is InChI=1S/C20H35N2O4P/c1-10-24-27(23,25-11-2)18(19(4,5)6)22(20(7,8)9)26-16(3)17-12-14-21-15-13-17/h12-15H,10-11H2,1-9H3. The molecule has 1 heterocycles. The first kappa shape index (κ1) is 23.8. The van der Waals surface area contributed by atoms with E-state index in [4.69, 9.17) is 13.9 Å². The van der Waals surface area contributed by atoms with Gasteiger partial charge in [0.1, 0.15) is 0 Å². The molecule has 1 aliphatic heterocycles. The average Bonchev–Trinajstić information content (AvgIpc) is 2.53. The molecule has 0 radical (unpaired) electrons. The van der Waals surface area contributed by atoms with Gasteiger partial charge in [-0.05, 0) is 34.6 Å². The first-order valence-corrected chi connectivity index (χ1v) is 10.9. The van der Waals surface area contributed by atoms with Crippen molar-refractivity contribution in [3.8, 4) is 0 Å². The number of hydrogen-bond donors (Lipinski definition) is 0. The first-order chi connectivity index (χ1) is 12.4. The van der Waals surface area contributed by atoms with Gasteiger partial charge in [-0.2, -0.15) is 21.4 Å². The van der Waals surface area contributed by atoms with Crippen LogP contribution in [0, 0.1) is 5.41 Å². The quantitative estimate of drug-likeness (QED) is 0.198. The molecule has 0 bridgehead atoms. The van der Waals surface area contributed by atoms with Crippen molar-refractivity contribution in [3.63, 3.8) is 0 Å². The van der Waals surface area contributed by atoms with E-state index in [0.29, 0.717) is 11.2 Å². The van der Waals surface area contributed by atoms with Crippen LogP contribution in [0.1, 0.15) is 62.3 Å². The summed E-state index contributed by atoms with van der Waals surface area (Å²) in [4.78, 5) is 20.0. The molecule has 1 aliphatic rings. The van der Waals surface area contributed by atoms with Crippen LogP contribution in [-0.2, 0) is 13.9 Å². The molecule has 0 unspecified atom stereocenters. The number of hydroxylamine groups is 1. The topological polar surface area (TPSA) is 67.9 Å². The smallest absolute Gasteiger partial charge is 0.396 e. The zero-order chi connectivity index (χ0) is 20.9. The molecule has 0 aliphatic carbocycles. The Morgan fingerprint density at radius 2 is 1.52 bits per heavy atom. The van der Waals surface area contributed by atoms with E-state index < -0.39 is 18.9 Å². The molecular weight excluding hydrogens is 363 g/mol. The van der Waals surface area contributed by atoms with Crippen LogP contribution < -0.4 is 4.89 Å². The van der Waals surface area contributed by atoms with Crippen LogP contribution in [0.5, 0.6) is 0 Å². The van der Waals surface area contributed by atoms with Gasteiger partial charge < -0.3 is 10.2 Å². The third-order valence-electron chi connectivity index (χ3n) is 3.65. The second kappa shape index (κ2) is 9.33. The van der Waals surface area contributed by atoms with Crippen molar-refractivity contribution in [1.29, 1.82) is 0 Å². The van der Waals surface area contributed by atoms with E-state index in [-0.39, 0.29) is 13.2 Å². The van der Waals surface area contributed by atoms with E-state index in [9.17, 15) is 4.89 Å². The lowest BCUT2D eigenvalue weighted by atomic mass is 9.97. The van der Waals surface area contributed by atoms with Crippen LogP contribution in [0.25, 0.3) is 5.32 Å². The van der Waals surface area contributed by atoms with Gasteiger partial charge in [0, 0.05) is 38.0 Å². The maximum absolute atomic E-state index is 13.7. The predicted octanol–water partition coefficient (Wildman–Crippen LogP) is 5.06. The van der Waals surface area contributed by atoms with Crippen LogP contribution in [0.4, 0.5) is 0 Å². The minimum absolute atomic E-state index is 0.280. The number of nitrogens with zero attached hydrogens (tertiary/aromatic N) is 2. The Hall–Kier alpha value is -1.20. The zero-order valence-corrected chi connectivity index (χ0v) is 19.1. The maximum Gasteiger partial charge on any atom is 0.396 e. The Bertz CT molecular complexity index is 617. The molecule has 0 fully saturated rings. The fourth-order valence-corrected chi connectivity index (χ4v) is 4.98. The third kappa shape index (κ3) is 6.42. The van der Waals surface area contributed by atoms with Gasteiger partial charge in [-0.3, -0.25) is 0 Å². The van der Waals surface area contributed by atoms with Crippen LogP contribution >= 0.6 is 7.94 Å². The summed E-state index contributed by atoms with van der Waals surface area (Å²) in [6.45, 7) is 18.0. The lowest BCUT2D eigenvalue weighted by Crippen LogP contribution is -2.46. The van der Waals surface area contributed by atoms with Crippen molar-refractivity contribution in [2.75, 3.05) is 13.2 Å². The first-order valence-electron chi connectivity index (χ1n) is 9.36. The second-order valence-corrected chi connectivity index (χ2v) is 10.2. The van der Waals surface area contributed by atoms with E-state index in [1.165, 1.54) is 0 Å². The third-order valence-corrected chi connectivity index (χ3v) is 6.21. The Balaban J connectivity index is 3.67. The van der Waals surface area contributed by atoms with Gasteiger partial charge in [-0.25, -0.2) is 4.84 Å². The maximum atomic E-state index is 13.7. The number of rotatable bonds is 7. The minimum atomic E-state index is -3.56. The fraction of sp³-hybridized carbons (Fsp3) is 0.650. The van der Waals surface area contributed by atoms with Gasteiger partial charge in [0.15, 0.2) is 5.76 Å². The van der Waals surface area contributed by atoms with E-state index in [0.717, 1.165) is 5.57 Å². The van der Waals surface area contributed by atoms with Crippen LogP contribution in [0.3, 0.4) is 0 Å². The summed E-state index contributed by atoms with van der Waals surface area (Å²) >= 11 is 0. The molecule has 0 aromatic carbocycles. The molecule has 6 nitrogen and oxygen atoms in total. The van der Waals surface area contributed by atoms with Gasteiger partial charge >= 0.3 is 13.4 Å². The molecule has 0 atom stereocenters. The summed E-state index contributed by atoms with van der Waals surface area (Å²) in [7, 11) is -3.56. The largest absolute Gasteiger partial charge is 0.670 e. The molecule has 0 amide bonds. The van der Waals surface area contributed by atoms with Crippen molar-refractivity contribution >= 4 is 13.4 Å². The number of allylic oxidation sites excluding steroid dienone is 4. The lowest BCUT2D eigenvalue weighted by molar-refractivity contribution is -0.819. The predicted molar refractivity (Wildman–Crippen MR) is 110 cm³/mol. The van der Waals surface area contributed by atoms with E-state index in [1.54, 1.807) is 17.1 Å². The fourth-order valence-electron chi connectivity index (χ4n) is 2.60. The van der Waals surface area contributed by atoms with Gasteiger partial charge in [-0.15, -0.1) is 0 Å². The summed E-state index contributed by atoms with van der Waals surface area (Å²) < 4.78 is 13.0. The van der Waals surface area contributed by atoms with Crippen LogP contribution in [-0.4, -0.2) is 28.9 Å². The van der Waals surface area contributed by atoms with Gasteiger partial charge in [0.2, 0.25) is 5.54 Å². The molecule has 27 heavy (non-hydrogen) atoms. The molecule has 7 heteroatoms. The summed E-state index contributed by atoms with van der Waals surface area (Å²) in [5.74, 6) is 0.675. The second-order valence-electron chi connectivity index (χ2n) is 8.26. The van der Waals surface area contributed by atoms with Crippen molar-refractivity contribution in [2.24, 2.45) is 5.41 Å². The highest BCUT2D eigenvalue weighted by molar-refractivity contribution is 7.76. The van der Waals surface area contributed by atoms with Gasteiger partial charge in [-0.1, -0.05) is 12.2 Å². The van der Waals surface area contributed by atoms with Crippen molar-refractivity contribution in [3.05, 3.63) is 41.2 Å². The SMILES string of the molecule is CCO[P+]([O-])(OCC)C(=[N+](OC(C)=C1C=C[N-]C=C1)C(C)(C)C)C(C)(C)C. The Morgan fingerprint density at radius 1 is 1.04 bits per heavy atom. The van der Waals surface area contributed by atoms with Gasteiger partial charge in [0.25, 0.3) is 0 Å². The molecule has 1 rings (SSSR count). The average molecular weight is 398 g/mol. The van der Waals surface area contributed by atoms with Crippen LogP contribution in [0.15, 0.2) is 35.9 Å². The summed E-state index contributed by atoms with van der Waals surface area (Å²) in [6, 6.07) is 0. The van der Waals surface area contributed by atoms with Crippen molar-refractivity contribution in [1.82, 2.24) is 0 Å². The summed E-state index contributed by atoms with van der Waals surface area (Å²) in [6.07, 6.45) is 7.17. The van der Waals surface area contributed by atoms with Crippen molar-refractivity contribution < 1.29 is 23.5 Å². The highest BCUT2D eigenvalue weighted by atomic mass is 31.2. The highest BCUT2D eigenvalue weighted by Crippen LogP contribution is 2.58. The number of hydrogen-bond acceptors (Lipinski definition) is 4. The monoisotopic (exact) mass is 398 g/mol. The van der Waals surface area contributed by atoms with Crippen molar-refractivity contribution in [2.45, 2.75) is 67.9 Å². The zero-order valence-electron chi connectivity index (χ0n) is 18.2. The molecule has 0 aromatic rings. The Morgan fingerprint density at radius 3 is 1.89 bits per heavy atom. The van der Waals surface area contributed by atoms with E-state index in [2.05, 4.69) is 5.32 Å². The Kier molecular flexibility index (Phi) is 8.24. The molecule has 154 valence electrons. The molecule has 0 spiro atoms. The molecule has 0 saturated heterocycles. The normalized spacial score (nSPS) is 16.1. The minimum Gasteiger partial charge on any atom is -0.670 e. The van der Waals surface area contributed by atoms with Gasteiger partial charge in [0.05, 0.1) is 18.6 Å².